The SMILES string of the molecule is Cc1c2c(=O)n(CC(C)C)[nH]c2cc(=O)n1Cc1ccc(Cl)cc1Cl. The first kappa shape index (κ1) is 17.8. The molecule has 0 aliphatic heterocycles. The highest BCUT2D eigenvalue weighted by molar-refractivity contribution is 6.35. The van der Waals surface area contributed by atoms with Gasteiger partial charge in [-0.05, 0) is 30.5 Å². The molecule has 25 heavy (non-hydrogen) atoms. The zero-order valence-corrected chi connectivity index (χ0v) is 15.8. The molecule has 7 heteroatoms. The van der Waals surface area contributed by atoms with Crippen molar-refractivity contribution in [3.05, 3.63) is 66.3 Å². The van der Waals surface area contributed by atoms with Crippen molar-refractivity contribution in [3.8, 4) is 0 Å². The molecule has 0 bridgehead atoms. The molecule has 0 radical (unpaired) electrons. The highest BCUT2D eigenvalue weighted by Crippen LogP contribution is 2.22. The van der Waals surface area contributed by atoms with Crippen LogP contribution in [0.15, 0.2) is 33.9 Å². The number of aromatic amines is 1. The number of fused-ring (bicyclic) bond motifs is 1. The fourth-order valence-corrected chi connectivity index (χ4v) is 3.44. The lowest BCUT2D eigenvalue weighted by Crippen LogP contribution is -2.24. The smallest absolute Gasteiger partial charge is 0.276 e. The van der Waals surface area contributed by atoms with E-state index in [9.17, 15) is 9.59 Å². The molecule has 132 valence electrons. The molecule has 1 aromatic carbocycles. The van der Waals surface area contributed by atoms with E-state index in [1.54, 1.807) is 34.4 Å². The molecule has 2 heterocycles. The molecule has 0 aliphatic carbocycles. The number of rotatable bonds is 4. The summed E-state index contributed by atoms with van der Waals surface area (Å²) in [5.74, 6) is 0.317. The van der Waals surface area contributed by atoms with E-state index in [-0.39, 0.29) is 17.7 Å². The van der Waals surface area contributed by atoms with Crippen molar-refractivity contribution in [1.82, 2.24) is 14.3 Å². The Balaban J connectivity index is 2.14. The minimum Gasteiger partial charge on any atom is -0.308 e. The Labute approximate surface area is 154 Å². The number of halogens is 2. The maximum absolute atomic E-state index is 12.7. The van der Waals surface area contributed by atoms with Gasteiger partial charge in [0.05, 0.1) is 17.4 Å². The molecule has 0 unspecified atom stereocenters. The van der Waals surface area contributed by atoms with Crippen LogP contribution in [0, 0.1) is 12.8 Å². The zero-order chi connectivity index (χ0) is 18.3. The van der Waals surface area contributed by atoms with Gasteiger partial charge < -0.3 is 4.57 Å². The van der Waals surface area contributed by atoms with Crippen LogP contribution in [0.1, 0.15) is 25.1 Å². The summed E-state index contributed by atoms with van der Waals surface area (Å²) in [6.07, 6.45) is 0. The minimum absolute atomic E-state index is 0.114. The molecular weight excluding hydrogens is 361 g/mol. The van der Waals surface area contributed by atoms with Gasteiger partial charge in [-0.3, -0.25) is 19.4 Å². The number of hydrogen-bond donors (Lipinski definition) is 1. The first-order valence-corrected chi connectivity index (χ1v) is 8.80. The molecule has 5 nitrogen and oxygen atoms in total. The molecule has 1 N–H and O–H groups in total. The first-order valence-electron chi connectivity index (χ1n) is 8.04. The lowest BCUT2D eigenvalue weighted by atomic mass is 10.2. The second-order valence-electron chi connectivity index (χ2n) is 6.60. The number of nitrogens with one attached hydrogen (secondary N) is 1. The summed E-state index contributed by atoms with van der Waals surface area (Å²) >= 11 is 12.1. The number of benzene rings is 1. The van der Waals surface area contributed by atoms with Crippen LogP contribution in [0.5, 0.6) is 0 Å². The summed E-state index contributed by atoms with van der Waals surface area (Å²) in [5, 5.41) is 4.60. The van der Waals surface area contributed by atoms with Gasteiger partial charge in [0.25, 0.3) is 11.1 Å². The van der Waals surface area contributed by atoms with E-state index in [0.717, 1.165) is 5.56 Å². The maximum Gasteiger partial charge on any atom is 0.276 e. The molecule has 0 aliphatic rings. The number of hydrogen-bond acceptors (Lipinski definition) is 2. The Morgan fingerprint density at radius 1 is 1.16 bits per heavy atom. The monoisotopic (exact) mass is 379 g/mol. The van der Waals surface area contributed by atoms with Crippen LogP contribution in [0.2, 0.25) is 10.0 Å². The maximum atomic E-state index is 12.7. The second kappa shape index (κ2) is 6.73. The quantitative estimate of drug-likeness (QED) is 0.748. The molecule has 0 spiro atoms. The van der Waals surface area contributed by atoms with E-state index in [2.05, 4.69) is 5.10 Å². The fraction of sp³-hybridized carbons (Fsp3) is 0.333. The normalized spacial score (nSPS) is 11.6. The van der Waals surface area contributed by atoms with Crippen molar-refractivity contribution >= 4 is 34.1 Å². The Bertz CT molecular complexity index is 1060. The average molecular weight is 380 g/mol. The predicted octanol–water partition coefficient (Wildman–Crippen LogP) is 3.81. The van der Waals surface area contributed by atoms with Crippen molar-refractivity contribution in [2.24, 2.45) is 5.92 Å². The molecule has 0 fully saturated rings. The Kier molecular flexibility index (Phi) is 4.80. The highest BCUT2D eigenvalue weighted by Gasteiger charge is 2.15. The van der Waals surface area contributed by atoms with E-state index in [1.165, 1.54) is 6.07 Å². The Hall–Kier alpha value is -1.98. The topological polar surface area (TPSA) is 59.8 Å². The number of pyridine rings is 1. The number of nitrogens with zero attached hydrogens (tertiary/aromatic N) is 2. The molecule has 2 aromatic heterocycles. The van der Waals surface area contributed by atoms with E-state index in [0.29, 0.717) is 39.1 Å². The third-order valence-corrected chi connectivity index (χ3v) is 4.76. The van der Waals surface area contributed by atoms with Crippen LogP contribution in [0.4, 0.5) is 0 Å². The molecule has 3 aromatic rings. The van der Waals surface area contributed by atoms with E-state index in [4.69, 9.17) is 23.2 Å². The molecule has 0 atom stereocenters. The number of aromatic nitrogens is 3. The Morgan fingerprint density at radius 2 is 1.88 bits per heavy atom. The van der Waals surface area contributed by atoms with Crippen molar-refractivity contribution in [3.63, 3.8) is 0 Å². The van der Waals surface area contributed by atoms with Crippen LogP contribution in [0.25, 0.3) is 10.9 Å². The Morgan fingerprint density at radius 3 is 2.52 bits per heavy atom. The highest BCUT2D eigenvalue weighted by atomic mass is 35.5. The van der Waals surface area contributed by atoms with Crippen LogP contribution in [-0.2, 0) is 13.1 Å². The standard InChI is InChI=1S/C18H19Cl2N3O2/c1-10(2)8-23-18(25)17-11(3)22(16(24)7-15(17)21-23)9-12-4-5-13(19)6-14(12)20/h4-7,10,21H,8-9H2,1-3H3. The molecule has 0 saturated heterocycles. The summed E-state index contributed by atoms with van der Waals surface area (Å²) in [6.45, 7) is 6.71. The van der Waals surface area contributed by atoms with Gasteiger partial charge in [-0.1, -0.05) is 43.1 Å². The van der Waals surface area contributed by atoms with E-state index >= 15 is 0 Å². The van der Waals surface area contributed by atoms with Gasteiger partial charge in [-0.2, -0.15) is 0 Å². The van der Waals surface area contributed by atoms with Crippen molar-refractivity contribution in [2.45, 2.75) is 33.9 Å². The third-order valence-electron chi connectivity index (χ3n) is 4.18. The fourth-order valence-electron chi connectivity index (χ4n) is 2.97. The van der Waals surface area contributed by atoms with Crippen molar-refractivity contribution < 1.29 is 0 Å². The first-order chi connectivity index (χ1) is 11.8. The third kappa shape index (κ3) is 3.39. The summed E-state index contributed by atoms with van der Waals surface area (Å²) in [7, 11) is 0. The van der Waals surface area contributed by atoms with Gasteiger partial charge >= 0.3 is 0 Å². The summed E-state index contributed by atoms with van der Waals surface area (Å²) in [5.41, 5.74) is 1.66. The lowest BCUT2D eigenvalue weighted by molar-refractivity contribution is 0.476. The van der Waals surface area contributed by atoms with Gasteiger partial charge in [0.2, 0.25) is 0 Å². The van der Waals surface area contributed by atoms with Crippen LogP contribution >= 0.6 is 23.2 Å². The van der Waals surface area contributed by atoms with Gasteiger partial charge in [-0.15, -0.1) is 0 Å². The van der Waals surface area contributed by atoms with Gasteiger partial charge in [0, 0.05) is 28.4 Å². The summed E-state index contributed by atoms with van der Waals surface area (Å²) in [4.78, 5) is 25.2. The largest absolute Gasteiger partial charge is 0.308 e. The molecule has 0 saturated carbocycles. The van der Waals surface area contributed by atoms with Crippen LogP contribution < -0.4 is 11.1 Å². The predicted molar refractivity (Wildman–Crippen MR) is 102 cm³/mol. The number of H-pyrrole nitrogens is 1. The van der Waals surface area contributed by atoms with E-state index < -0.39 is 0 Å². The van der Waals surface area contributed by atoms with Crippen LogP contribution in [0.3, 0.4) is 0 Å². The van der Waals surface area contributed by atoms with Gasteiger partial charge in [0.1, 0.15) is 0 Å². The molecule has 0 amide bonds. The lowest BCUT2D eigenvalue weighted by Gasteiger charge is -2.11. The van der Waals surface area contributed by atoms with Crippen molar-refractivity contribution in [2.75, 3.05) is 0 Å². The molecular formula is C18H19Cl2N3O2. The summed E-state index contributed by atoms with van der Waals surface area (Å²) in [6, 6.07) is 6.62. The second-order valence-corrected chi connectivity index (χ2v) is 7.44. The average Bonchev–Trinajstić information content (AvgIpc) is 2.80. The van der Waals surface area contributed by atoms with E-state index in [1.807, 2.05) is 13.8 Å². The van der Waals surface area contributed by atoms with Gasteiger partial charge in [-0.25, -0.2) is 0 Å². The van der Waals surface area contributed by atoms with Gasteiger partial charge in [0.15, 0.2) is 0 Å². The van der Waals surface area contributed by atoms with Crippen molar-refractivity contribution in [1.29, 1.82) is 0 Å². The molecule has 3 rings (SSSR count). The minimum atomic E-state index is -0.186. The number of aryl methyl sites for hydroxylation is 1. The zero-order valence-electron chi connectivity index (χ0n) is 14.3. The summed E-state index contributed by atoms with van der Waals surface area (Å²) < 4.78 is 3.12. The van der Waals surface area contributed by atoms with Crippen LogP contribution in [-0.4, -0.2) is 14.3 Å².